The van der Waals surface area contributed by atoms with Gasteiger partial charge in [0.25, 0.3) is 0 Å². The Morgan fingerprint density at radius 2 is 2.00 bits per heavy atom. The van der Waals surface area contributed by atoms with Crippen molar-refractivity contribution in [3.8, 4) is 0 Å². The van der Waals surface area contributed by atoms with Crippen molar-refractivity contribution in [2.24, 2.45) is 10.2 Å². The maximum Gasteiger partial charge on any atom is 0.238 e. The zero-order valence-corrected chi connectivity index (χ0v) is 13.7. The van der Waals surface area contributed by atoms with Gasteiger partial charge in [-0.2, -0.15) is 5.10 Å². The summed E-state index contributed by atoms with van der Waals surface area (Å²) in [5.41, 5.74) is 3.11. The third-order valence-corrected chi connectivity index (χ3v) is 3.94. The zero-order chi connectivity index (χ0) is 16.6. The van der Waals surface area contributed by atoms with Crippen LogP contribution in [0.15, 0.2) is 77.0 Å². The Hall–Kier alpha value is -2.46. The Morgan fingerprint density at radius 3 is 2.75 bits per heavy atom. The van der Waals surface area contributed by atoms with E-state index < -0.39 is 0 Å². The summed E-state index contributed by atoms with van der Waals surface area (Å²) in [5.74, 6) is 0.532. The molecule has 0 radical (unpaired) electrons. The highest BCUT2D eigenvalue weighted by atomic mass is 16.5. The molecule has 0 aromatic heterocycles. The summed E-state index contributed by atoms with van der Waals surface area (Å²) in [6, 6.07) is 10.0. The van der Waals surface area contributed by atoms with E-state index in [4.69, 9.17) is 9.47 Å². The van der Waals surface area contributed by atoms with Crippen molar-refractivity contribution < 1.29 is 9.47 Å². The van der Waals surface area contributed by atoms with E-state index in [-0.39, 0.29) is 6.10 Å². The molecule has 2 aliphatic rings. The second kappa shape index (κ2) is 8.41. The molecule has 4 nitrogen and oxygen atoms in total. The maximum atomic E-state index is 6.05. The van der Waals surface area contributed by atoms with Crippen LogP contribution in [0.2, 0.25) is 0 Å². The van der Waals surface area contributed by atoms with Crippen molar-refractivity contribution in [2.45, 2.75) is 32.0 Å². The molecule has 124 valence electrons. The summed E-state index contributed by atoms with van der Waals surface area (Å²) >= 11 is 0. The van der Waals surface area contributed by atoms with Crippen LogP contribution in [0.1, 0.15) is 24.8 Å². The molecule has 0 saturated carbocycles. The van der Waals surface area contributed by atoms with E-state index in [1.54, 1.807) is 6.08 Å². The van der Waals surface area contributed by atoms with E-state index in [0.717, 1.165) is 24.1 Å². The van der Waals surface area contributed by atoms with Gasteiger partial charge >= 0.3 is 0 Å². The number of ether oxygens (including phenoxy) is 2. The van der Waals surface area contributed by atoms with Crippen LogP contribution in [0.5, 0.6) is 0 Å². The van der Waals surface area contributed by atoms with Crippen LogP contribution in [0.3, 0.4) is 0 Å². The van der Waals surface area contributed by atoms with Crippen molar-refractivity contribution in [1.82, 2.24) is 0 Å². The van der Waals surface area contributed by atoms with Crippen LogP contribution in [0.25, 0.3) is 0 Å². The van der Waals surface area contributed by atoms with E-state index in [0.29, 0.717) is 25.5 Å². The molecule has 0 fully saturated rings. The molecular formula is C20H22N2O2. The lowest BCUT2D eigenvalue weighted by Gasteiger charge is -2.22. The van der Waals surface area contributed by atoms with Crippen molar-refractivity contribution in [1.29, 1.82) is 0 Å². The third-order valence-electron chi connectivity index (χ3n) is 3.94. The lowest BCUT2D eigenvalue weighted by molar-refractivity contribution is 0.0959. The Kier molecular flexibility index (Phi) is 5.75. The minimum absolute atomic E-state index is 0.226. The summed E-state index contributed by atoms with van der Waals surface area (Å²) in [7, 11) is 0. The second-order valence-electron chi connectivity index (χ2n) is 5.77. The molecule has 1 aliphatic heterocycles. The standard InChI is InChI=1S/C20H22N2O2/c1-2-18-13-19(23-14-16-9-5-3-6-10-16)20(22-21-18)24-15-17-11-7-4-8-12-17/h2,4-5,7-12,19H,1,3,6,13-15H2. The van der Waals surface area contributed by atoms with Gasteiger partial charge in [-0.1, -0.05) is 55.1 Å². The monoisotopic (exact) mass is 322 g/mol. The summed E-state index contributed by atoms with van der Waals surface area (Å²) in [6.45, 7) is 4.78. The molecule has 4 heteroatoms. The van der Waals surface area contributed by atoms with Gasteiger partial charge in [-0.25, -0.2) is 0 Å². The van der Waals surface area contributed by atoms with Gasteiger partial charge in [-0.3, -0.25) is 0 Å². The summed E-state index contributed by atoms with van der Waals surface area (Å²) in [4.78, 5) is 0. The zero-order valence-electron chi connectivity index (χ0n) is 13.7. The van der Waals surface area contributed by atoms with E-state index in [2.05, 4.69) is 35.0 Å². The van der Waals surface area contributed by atoms with Crippen molar-refractivity contribution in [2.75, 3.05) is 6.61 Å². The number of nitrogens with zero attached hydrogens (tertiary/aromatic N) is 2. The molecule has 0 spiro atoms. The van der Waals surface area contributed by atoms with E-state index >= 15 is 0 Å². The van der Waals surface area contributed by atoms with Gasteiger partial charge in [0.1, 0.15) is 12.7 Å². The van der Waals surface area contributed by atoms with Gasteiger partial charge in [0.15, 0.2) is 0 Å². The molecule has 3 rings (SSSR count). The van der Waals surface area contributed by atoms with E-state index in [1.165, 1.54) is 5.57 Å². The molecular weight excluding hydrogens is 300 g/mol. The highest BCUT2D eigenvalue weighted by Gasteiger charge is 2.24. The Morgan fingerprint density at radius 1 is 1.12 bits per heavy atom. The van der Waals surface area contributed by atoms with Gasteiger partial charge < -0.3 is 9.47 Å². The smallest absolute Gasteiger partial charge is 0.238 e. The lowest BCUT2D eigenvalue weighted by Crippen LogP contribution is -2.32. The maximum absolute atomic E-state index is 6.05. The SMILES string of the molecule is C=CC1=NN=C(OCc2ccccc2)C(OCC2=CCCC=C2)C1. The summed E-state index contributed by atoms with van der Waals surface area (Å²) in [6.07, 6.45) is 10.8. The average Bonchev–Trinajstić information content (AvgIpc) is 2.66. The highest BCUT2D eigenvalue weighted by molar-refractivity contribution is 6.00. The molecule has 1 aromatic rings. The minimum Gasteiger partial charge on any atom is -0.473 e. The van der Waals surface area contributed by atoms with Crippen LogP contribution in [-0.4, -0.2) is 24.3 Å². The first kappa shape index (κ1) is 16.4. The highest BCUT2D eigenvalue weighted by Crippen LogP contribution is 2.16. The fourth-order valence-corrected chi connectivity index (χ4v) is 2.58. The molecule has 1 heterocycles. The first-order chi connectivity index (χ1) is 11.8. The third kappa shape index (κ3) is 4.52. The van der Waals surface area contributed by atoms with Gasteiger partial charge in [-0.05, 0) is 30.1 Å². The molecule has 1 aliphatic carbocycles. The second-order valence-corrected chi connectivity index (χ2v) is 5.77. The van der Waals surface area contributed by atoms with Crippen LogP contribution in [-0.2, 0) is 16.1 Å². The predicted octanol–water partition coefficient (Wildman–Crippen LogP) is 4.21. The Labute approximate surface area is 142 Å². The van der Waals surface area contributed by atoms with Crippen LogP contribution < -0.4 is 0 Å². The quantitative estimate of drug-likeness (QED) is 0.787. The fourth-order valence-electron chi connectivity index (χ4n) is 2.58. The number of hydrogen-bond donors (Lipinski definition) is 0. The molecule has 0 saturated heterocycles. The van der Waals surface area contributed by atoms with Gasteiger partial charge in [0, 0.05) is 6.42 Å². The van der Waals surface area contributed by atoms with E-state index in [1.807, 2.05) is 30.3 Å². The number of hydrogen-bond acceptors (Lipinski definition) is 4. The first-order valence-corrected chi connectivity index (χ1v) is 8.26. The lowest BCUT2D eigenvalue weighted by atomic mass is 10.1. The molecule has 0 amide bonds. The largest absolute Gasteiger partial charge is 0.473 e. The van der Waals surface area contributed by atoms with Gasteiger partial charge in [0.2, 0.25) is 5.90 Å². The van der Waals surface area contributed by atoms with Crippen molar-refractivity contribution in [3.05, 3.63) is 72.4 Å². The topological polar surface area (TPSA) is 43.2 Å². The Balaban J connectivity index is 1.62. The Bertz CT molecular complexity index is 687. The van der Waals surface area contributed by atoms with Crippen LogP contribution in [0.4, 0.5) is 0 Å². The normalized spacial score (nSPS) is 20.0. The van der Waals surface area contributed by atoms with E-state index in [9.17, 15) is 0 Å². The molecule has 1 atom stereocenters. The number of allylic oxidation sites excluding steroid dienone is 3. The number of rotatable bonds is 6. The van der Waals surface area contributed by atoms with Crippen molar-refractivity contribution >= 4 is 11.6 Å². The first-order valence-electron chi connectivity index (χ1n) is 8.26. The predicted molar refractivity (Wildman–Crippen MR) is 97.1 cm³/mol. The van der Waals surface area contributed by atoms with Gasteiger partial charge in [0.05, 0.1) is 12.3 Å². The fraction of sp³-hybridized carbons (Fsp3) is 0.300. The van der Waals surface area contributed by atoms with Crippen LogP contribution in [0, 0.1) is 0 Å². The molecule has 24 heavy (non-hydrogen) atoms. The molecule has 0 bridgehead atoms. The average molecular weight is 322 g/mol. The minimum atomic E-state index is -0.226. The summed E-state index contributed by atoms with van der Waals surface area (Å²) in [5, 5.41) is 8.33. The van der Waals surface area contributed by atoms with Gasteiger partial charge in [-0.15, -0.1) is 5.10 Å². The van der Waals surface area contributed by atoms with Crippen LogP contribution >= 0.6 is 0 Å². The molecule has 1 unspecified atom stereocenters. The summed E-state index contributed by atoms with van der Waals surface area (Å²) < 4.78 is 11.9. The van der Waals surface area contributed by atoms with Crippen molar-refractivity contribution in [3.63, 3.8) is 0 Å². The molecule has 1 aromatic carbocycles. The number of benzene rings is 1. The molecule has 0 N–H and O–H groups in total.